The number of allylic oxidation sites excluding steroid dienone is 1. The first-order valence-electron chi connectivity index (χ1n) is 18.6. The van der Waals surface area contributed by atoms with Crippen molar-refractivity contribution < 1.29 is 0 Å². The highest BCUT2D eigenvalue weighted by Crippen LogP contribution is 2.53. The maximum Gasteiger partial charge on any atom is 0.101 e. The van der Waals surface area contributed by atoms with E-state index in [9.17, 15) is 0 Å². The van der Waals surface area contributed by atoms with Gasteiger partial charge in [0.15, 0.2) is 0 Å². The number of benzene rings is 8. The molecule has 256 valence electrons. The van der Waals surface area contributed by atoms with E-state index < -0.39 is 0 Å². The van der Waals surface area contributed by atoms with E-state index in [1.165, 1.54) is 71.6 Å². The molecule has 0 amide bonds. The van der Waals surface area contributed by atoms with Gasteiger partial charge in [0.1, 0.15) is 6.17 Å². The first-order chi connectivity index (χ1) is 25.9. The molecule has 0 fully saturated rings. The molecule has 9 rings (SSSR count). The first kappa shape index (κ1) is 32.7. The minimum atomic E-state index is -0.344. The highest BCUT2D eigenvalue weighted by Gasteiger charge is 2.37. The zero-order valence-electron chi connectivity index (χ0n) is 30.2. The predicted molar refractivity (Wildman–Crippen MR) is 225 cm³/mol. The average molecular weight is 683 g/mol. The summed E-state index contributed by atoms with van der Waals surface area (Å²) in [6.45, 7) is 4.71. The summed E-state index contributed by atoms with van der Waals surface area (Å²) in [5.41, 5.74) is 21.5. The number of nitrogens with two attached hydrogens (primary N) is 1. The molecule has 1 aliphatic rings. The third-order valence-electron chi connectivity index (χ3n) is 11.1. The number of hydrogen-bond donors (Lipinski definition) is 2. The van der Waals surface area contributed by atoms with Gasteiger partial charge < -0.3 is 11.1 Å². The van der Waals surface area contributed by atoms with Gasteiger partial charge in [-0.15, -0.1) is 0 Å². The maximum absolute atomic E-state index is 6.77. The van der Waals surface area contributed by atoms with Crippen molar-refractivity contribution >= 4 is 27.2 Å². The molecule has 1 aliphatic carbocycles. The molecule has 0 spiro atoms. The molecule has 2 nitrogen and oxygen atoms in total. The molecule has 0 bridgehead atoms. The Labute approximate surface area is 312 Å². The lowest BCUT2D eigenvalue weighted by Gasteiger charge is -2.22. The number of hydrogen-bond acceptors (Lipinski definition) is 2. The van der Waals surface area contributed by atoms with Crippen LogP contribution in [0.15, 0.2) is 182 Å². The minimum Gasteiger partial charge on any atom is -0.366 e. The van der Waals surface area contributed by atoms with Gasteiger partial charge in [-0.25, -0.2) is 0 Å². The normalized spacial score (nSPS) is 13.8. The van der Waals surface area contributed by atoms with E-state index in [0.717, 1.165) is 23.2 Å². The molecule has 0 radical (unpaired) electrons. The number of rotatable bonds is 8. The standard InChI is InChI=1S/C51H42N2/c1-51(2)46-18-10-17-44(49(46)45-32-41-15-8-9-16-42(41)33-47(45)51)37-25-27-38(28-26-37)48(53-50(52)39-12-4-3-5-13-39)30-21-34-19-22-36(23-20-34)43-29-24-35-11-6-7-14-40(35)31-43/h3-20,22-33,50,53H,21,52H2,1-2H3/b48-30-. The van der Waals surface area contributed by atoms with Crippen LogP contribution in [-0.4, -0.2) is 0 Å². The maximum atomic E-state index is 6.77. The average Bonchev–Trinajstić information content (AvgIpc) is 3.44. The molecular formula is C51H42N2. The molecule has 0 aromatic heterocycles. The van der Waals surface area contributed by atoms with E-state index in [-0.39, 0.29) is 11.6 Å². The van der Waals surface area contributed by atoms with Crippen molar-refractivity contribution in [3.63, 3.8) is 0 Å². The molecule has 0 saturated carbocycles. The molecule has 8 aromatic rings. The van der Waals surface area contributed by atoms with Gasteiger partial charge in [-0.05, 0) is 107 Å². The molecule has 0 aliphatic heterocycles. The van der Waals surface area contributed by atoms with E-state index in [0.29, 0.717) is 0 Å². The molecule has 0 saturated heterocycles. The van der Waals surface area contributed by atoms with Crippen LogP contribution >= 0.6 is 0 Å². The summed E-state index contributed by atoms with van der Waals surface area (Å²) < 4.78 is 0. The fourth-order valence-corrected chi connectivity index (χ4v) is 8.14. The lowest BCUT2D eigenvalue weighted by atomic mass is 9.81. The molecule has 8 aromatic carbocycles. The summed E-state index contributed by atoms with van der Waals surface area (Å²) in [5, 5.41) is 8.74. The smallest absolute Gasteiger partial charge is 0.101 e. The Hall–Kier alpha value is -6.22. The Balaban J connectivity index is 1.04. The van der Waals surface area contributed by atoms with E-state index >= 15 is 0 Å². The molecule has 1 atom stereocenters. The summed E-state index contributed by atoms with van der Waals surface area (Å²) in [6, 6.07) is 63.6. The predicted octanol–water partition coefficient (Wildman–Crippen LogP) is 12.5. The van der Waals surface area contributed by atoms with Crippen LogP contribution in [0.2, 0.25) is 0 Å². The van der Waals surface area contributed by atoms with Crippen LogP contribution in [0.25, 0.3) is 60.6 Å². The Morgan fingerprint density at radius 3 is 1.91 bits per heavy atom. The second kappa shape index (κ2) is 13.4. The zero-order chi connectivity index (χ0) is 35.9. The van der Waals surface area contributed by atoms with E-state index in [1.54, 1.807) is 0 Å². The highest BCUT2D eigenvalue weighted by molar-refractivity contribution is 5.98. The Kier molecular flexibility index (Phi) is 8.26. The van der Waals surface area contributed by atoms with Gasteiger partial charge in [0.2, 0.25) is 0 Å². The SMILES string of the molecule is CC1(C)c2cc3ccccc3cc2-c2c(-c3ccc(/C(=C/Cc4ccc(-c5ccc6ccccc6c5)cc4)NC(N)c4ccccc4)cc3)cccc21. The van der Waals surface area contributed by atoms with Gasteiger partial charge in [0, 0.05) is 11.1 Å². The van der Waals surface area contributed by atoms with Crippen LogP contribution in [0.1, 0.15) is 47.8 Å². The third-order valence-corrected chi connectivity index (χ3v) is 11.1. The molecule has 1 unspecified atom stereocenters. The number of nitrogens with one attached hydrogen (secondary N) is 1. The van der Waals surface area contributed by atoms with Crippen LogP contribution in [0.5, 0.6) is 0 Å². The molecule has 0 heterocycles. The van der Waals surface area contributed by atoms with Gasteiger partial charge in [-0.1, -0.05) is 178 Å². The Morgan fingerprint density at radius 2 is 1.17 bits per heavy atom. The molecule has 53 heavy (non-hydrogen) atoms. The molecule has 3 N–H and O–H groups in total. The zero-order valence-corrected chi connectivity index (χ0v) is 30.2. The minimum absolute atomic E-state index is 0.0776. The van der Waals surface area contributed by atoms with Crippen molar-refractivity contribution in [3.05, 3.63) is 210 Å². The van der Waals surface area contributed by atoms with Gasteiger partial charge in [0.05, 0.1) is 0 Å². The van der Waals surface area contributed by atoms with Crippen molar-refractivity contribution in [1.29, 1.82) is 0 Å². The van der Waals surface area contributed by atoms with E-state index in [1.807, 2.05) is 18.2 Å². The van der Waals surface area contributed by atoms with Crippen LogP contribution in [0, 0.1) is 0 Å². The lowest BCUT2D eigenvalue weighted by Crippen LogP contribution is -2.27. The van der Waals surface area contributed by atoms with Gasteiger partial charge in [-0.2, -0.15) is 0 Å². The topological polar surface area (TPSA) is 38.0 Å². The Morgan fingerprint density at radius 1 is 0.547 bits per heavy atom. The third kappa shape index (κ3) is 6.12. The van der Waals surface area contributed by atoms with Crippen LogP contribution in [-0.2, 0) is 11.8 Å². The van der Waals surface area contributed by atoms with Gasteiger partial charge in [0.25, 0.3) is 0 Å². The van der Waals surface area contributed by atoms with Crippen molar-refractivity contribution in [1.82, 2.24) is 5.32 Å². The monoisotopic (exact) mass is 682 g/mol. The van der Waals surface area contributed by atoms with Crippen molar-refractivity contribution in [2.45, 2.75) is 31.8 Å². The second-order valence-electron chi connectivity index (χ2n) is 14.8. The van der Waals surface area contributed by atoms with Crippen molar-refractivity contribution in [3.8, 4) is 33.4 Å². The Bertz CT molecular complexity index is 2630. The highest BCUT2D eigenvalue weighted by atomic mass is 15.0. The van der Waals surface area contributed by atoms with Crippen LogP contribution in [0.3, 0.4) is 0 Å². The van der Waals surface area contributed by atoms with Gasteiger partial charge in [-0.3, -0.25) is 0 Å². The van der Waals surface area contributed by atoms with E-state index in [4.69, 9.17) is 5.73 Å². The molecular weight excluding hydrogens is 641 g/mol. The summed E-state index contributed by atoms with van der Waals surface area (Å²) in [7, 11) is 0. The summed E-state index contributed by atoms with van der Waals surface area (Å²) in [6.07, 6.45) is 2.70. The second-order valence-corrected chi connectivity index (χ2v) is 14.8. The van der Waals surface area contributed by atoms with Crippen LogP contribution in [0.4, 0.5) is 0 Å². The first-order valence-corrected chi connectivity index (χ1v) is 18.6. The van der Waals surface area contributed by atoms with Crippen molar-refractivity contribution in [2.75, 3.05) is 0 Å². The van der Waals surface area contributed by atoms with Crippen molar-refractivity contribution in [2.24, 2.45) is 5.73 Å². The summed E-state index contributed by atoms with van der Waals surface area (Å²) in [5.74, 6) is 0. The largest absolute Gasteiger partial charge is 0.366 e. The van der Waals surface area contributed by atoms with Gasteiger partial charge >= 0.3 is 0 Å². The summed E-state index contributed by atoms with van der Waals surface area (Å²) in [4.78, 5) is 0. The quantitative estimate of drug-likeness (QED) is 0.157. The molecule has 2 heteroatoms. The fourth-order valence-electron chi connectivity index (χ4n) is 8.14. The number of fused-ring (bicyclic) bond motifs is 5. The lowest BCUT2D eigenvalue weighted by molar-refractivity contribution is 0.661. The van der Waals surface area contributed by atoms with E-state index in [2.05, 4.69) is 183 Å². The fraction of sp³-hybridized carbons (Fsp3) is 0.0980. The van der Waals surface area contributed by atoms with Crippen LogP contribution < -0.4 is 11.1 Å². The summed E-state index contributed by atoms with van der Waals surface area (Å²) >= 11 is 0.